The van der Waals surface area contributed by atoms with Crippen LogP contribution < -0.4 is 4.72 Å². The Balaban J connectivity index is 3.51. The average Bonchev–Trinajstić information content (AvgIpc) is 2.42. The highest BCUT2D eigenvalue weighted by atomic mass is 32.2. The summed E-state index contributed by atoms with van der Waals surface area (Å²) in [7, 11) is -3.18. The van der Waals surface area contributed by atoms with Crippen molar-refractivity contribution in [2.75, 3.05) is 38.7 Å². The van der Waals surface area contributed by atoms with Crippen LogP contribution in [0, 0.1) is 10.8 Å². The van der Waals surface area contributed by atoms with Gasteiger partial charge in [-0.25, -0.2) is 13.1 Å². The van der Waals surface area contributed by atoms with Crippen LogP contribution in [-0.4, -0.2) is 47.1 Å². The molecular formula is C19H41NO4S. The van der Waals surface area contributed by atoms with Gasteiger partial charge < -0.3 is 9.47 Å². The normalized spacial score (nSPS) is 13.4. The van der Waals surface area contributed by atoms with Crippen LogP contribution in [-0.2, 0) is 19.5 Å². The first-order valence-electron chi connectivity index (χ1n) is 9.54. The highest BCUT2D eigenvalue weighted by Gasteiger charge is 2.12. The fourth-order valence-corrected chi connectivity index (χ4v) is 3.29. The maximum Gasteiger partial charge on any atom is 0.211 e. The summed E-state index contributed by atoms with van der Waals surface area (Å²) in [6, 6.07) is 0. The molecule has 0 bridgehead atoms. The molecule has 0 spiro atoms. The Bertz CT molecular complexity index is 422. The van der Waals surface area contributed by atoms with Crippen molar-refractivity contribution >= 4 is 10.0 Å². The summed E-state index contributed by atoms with van der Waals surface area (Å²) in [6.07, 6.45) is 4.90. The van der Waals surface area contributed by atoms with Gasteiger partial charge in [-0.05, 0) is 30.1 Å². The molecule has 0 saturated heterocycles. The molecule has 1 N–H and O–H groups in total. The third-order valence-electron chi connectivity index (χ3n) is 3.78. The van der Waals surface area contributed by atoms with Crippen LogP contribution in [0.25, 0.3) is 0 Å². The molecule has 0 aliphatic heterocycles. The van der Waals surface area contributed by atoms with Gasteiger partial charge in [-0.2, -0.15) is 0 Å². The van der Waals surface area contributed by atoms with Gasteiger partial charge in [0.1, 0.15) is 0 Å². The Morgan fingerprint density at radius 1 is 0.720 bits per heavy atom. The van der Waals surface area contributed by atoms with Crippen molar-refractivity contribution in [2.45, 2.75) is 73.6 Å². The largest absolute Gasteiger partial charge is 0.379 e. The number of hydrogen-bond acceptors (Lipinski definition) is 4. The van der Waals surface area contributed by atoms with Gasteiger partial charge in [0.2, 0.25) is 10.0 Å². The summed E-state index contributed by atoms with van der Waals surface area (Å²) >= 11 is 0. The molecule has 5 nitrogen and oxygen atoms in total. The molecule has 0 radical (unpaired) electrons. The zero-order valence-electron chi connectivity index (χ0n) is 17.3. The third kappa shape index (κ3) is 20.0. The molecule has 0 unspecified atom stereocenters. The molecule has 0 saturated carbocycles. The first-order valence-corrected chi connectivity index (χ1v) is 11.2. The van der Waals surface area contributed by atoms with Crippen LogP contribution in [0.4, 0.5) is 0 Å². The maximum atomic E-state index is 11.9. The van der Waals surface area contributed by atoms with Crippen LogP contribution in [0.15, 0.2) is 0 Å². The quantitative estimate of drug-likeness (QED) is 0.464. The summed E-state index contributed by atoms with van der Waals surface area (Å²) in [5, 5.41) is 0. The van der Waals surface area contributed by atoms with Crippen molar-refractivity contribution < 1.29 is 17.9 Å². The number of rotatable bonds is 14. The summed E-state index contributed by atoms with van der Waals surface area (Å²) in [6.45, 7) is 15.7. The van der Waals surface area contributed by atoms with Crippen LogP contribution in [0.1, 0.15) is 73.6 Å². The van der Waals surface area contributed by atoms with E-state index in [1.165, 1.54) is 0 Å². The van der Waals surface area contributed by atoms with E-state index in [0.717, 1.165) is 32.3 Å². The lowest BCUT2D eigenvalue weighted by molar-refractivity contribution is 0.0407. The van der Waals surface area contributed by atoms with Crippen LogP contribution in [0.2, 0.25) is 0 Å². The molecule has 0 fully saturated rings. The molecule has 0 aliphatic rings. The number of unbranched alkanes of at least 4 members (excludes halogenated alkanes) is 2. The van der Waals surface area contributed by atoms with E-state index in [9.17, 15) is 8.42 Å². The molecule has 0 aromatic rings. The second-order valence-corrected chi connectivity index (χ2v) is 11.0. The predicted molar refractivity (Wildman–Crippen MR) is 105 cm³/mol. The van der Waals surface area contributed by atoms with Crippen molar-refractivity contribution in [3.05, 3.63) is 0 Å². The van der Waals surface area contributed by atoms with Gasteiger partial charge in [-0.1, -0.05) is 54.4 Å². The molecule has 25 heavy (non-hydrogen) atoms. The minimum Gasteiger partial charge on any atom is -0.379 e. The van der Waals surface area contributed by atoms with E-state index in [-0.39, 0.29) is 11.2 Å². The number of nitrogens with one attached hydrogen (secondary N) is 1. The standard InChI is InChI=1S/C19H41NO4S/c1-18(2,3)10-8-7-9-17-25(21,22)20-12-14-24-16-15-23-13-11-19(4,5)6/h20H,7-17H2,1-6H3. The Morgan fingerprint density at radius 3 is 1.84 bits per heavy atom. The summed E-state index contributed by atoms with van der Waals surface area (Å²) in [5.74, 6) is 0.201. The number of ether oxygens (including phenoxy) is 2. The fourth-order valence-electron chi connectivity index (χ4n) is 2.17. The smallest absolute Gasteiger partial charge is 0.211 e. The van der Waals surface area contributed by atoms with Crippen LogP contribution >= 0.6 is 0 Å². The molecule has 0 heterocycles. The maximum absolute atomic E-state index is 11.9. The second kappa shape index (κ2) is 12.3. The summed E-state index contributed by atoms with van der Waals surface area (Å²) in [4.78, 5) is 0. The Kier molecular flexibility index (Phi) is 12.2. The Labute approximate surface area is 156 Å². The van der Waals surface area contributed by atoms with Crippen molar-refractivity contribution in [1.29, 1.82) is 0 Å². The van der Waals surface area contributed by atoms with E-state index >= 15 is 0 Å². The van der Waals surface area contributed by atoms with Gasteiger partial charge >= 0.3 is 0 Å². The SMILES string of the molecule is CC(C)(C)CCCCCS(=O)(=O)NCCOCCOCCC(C)(C)C. The van der Waals surface area contributed by atoms with Crippen molar-refractivity contribution in [3.63, 3.8) is 0 Å². The predicted octanol–water partition coefficient (Wildman–Crippen LogP) is 3.98. The lowest BCUT2D eigenvalue weighted by Crippen LogP contribution is -2.30. The van der Waals surface area contributed by atoms with E-state index in [0.29, 0.717) is 38.2 Å². The van der Waals surface area contributed by atoms with E-state index in [1.54, 1.807) is 0 Å². The minimum atomic E-state index is -3.18. The first-order chi connectivity index (χ1) is 11.4. The van der Waals surface area contributed by atoms with Gasteiger partial charge in [0.15, 0.2) is 0 Å². The van der Waals surface area contributed by atoms with Crippen molar-refractivity contribution in [3.8, 4) is 0 Å². The van der Waals surface area contributed by atoms with Crippen LogP contribution in [0.5, 0.6) is 0 Å². The van der Waals surface area contributed by atoms with Gasteiger partial charge in [0.05, 0.1) is 25.6 Å². The van der Waals surface area contributed by atoms with Gasteiger partial charge in [0, 0.05) is 13.2 Å². The van der Waals surface area contributed by atoms with E-state index in [1.807, 2.05) is 0 Å². The topological polar surface area (TPSA) is 64.6 Å². The molecule has 0 aliphatic carbocycles. The van der Waals surface area contributed by atoms with E-state index in [2.05, 4.69) is 46.3 Å². The van der Waals surface area contributed by atoms with Gasteiger partial charge in [-0.3, -0.25) is 0 Å². The molecule has 0 rings (SSSR count). The molecule has 6 heteroatoms. The molecule has 0 aromatic carbocycles. The zero-order chi connectivity index (χ0) is 19.4. The van der Waals surface area contributed by atoms with Crippen LogP contribution in [0.3, 0.4) is 0 Å². The van der Waals surface area contributed by atoms with E-state index in [4.69, 9.17) is 9.47 Å². The average molecular weight is 380 g/mol. The monoisotopic (exact) mass is 379 g/mol. The molecule has 0 atom stereocenters. The third-order valence-corrected chi connectivity index (χ3v) is 5.25. The molecule has 0 amide bonds. The van der Waals surface area contributed by atoms with Gasteiger partial charge in [-0.15, -0.1) is 0 Å². The second-order valence-electron chi connectivity index (χ2n) is 9.12. The first kappa shape index (κ1) is 24.8. The molecule has 0 aromatic heterocycles. The van der Waals surface area contributed by atoms with Gasteiger partial charge in [0.25, 0.3) is 0 Å². The Morgan fingerprint density at radius 2 is 1.28 bits per heavy atom. The molecule has 152 valence electrons. The summed E-state index contributed by atoms with van der Waals surface area (Å²) < 4.78 is 37.2. The Hall–Kier alpha value is -0.170. The lowest BCUT2D eigenvalue weighted by Gasteiger charge is -2.17. The highest BCUT2D eigenvalue weighted by molar-refractivity contribution is 7.89. The number of sulfonamides is 1. The fraction of sp³-hybridized carbons (Fsp3) is 1.00. The highest BCUT2D eigenvalue weighted by Crippen LogP contribution is 2.22. The zero-order valence-corrected chi connectivity index (χ0v) is 18.1. The van der Waals surface area contributed by atoms with Crippen molar-refractivity contribution in [2.24, 2.45) is 10.8 Å². The lowest BCUT2D eigenvalue weighted by atomic mass is 9.90. The van der Waals surface area contributed by atoms with Crippen molar-refractivity contribution in [1.82, 2.24) is 4.72 Å². The minimum absolute atomic E-state index is 0.201. The summed E-state index contributed by atoms with van der Waals surface area (Å²) in [5.41, 5.74) is 0.608. The number of hydrogen-bond donors (Lipinski definition) is 1. The van der Waals surface area contributed by atoms with E-state index < -0.39 is 10.0 Å². The molecular weight excluding hydrogens is 338 g/mol.